The number of carboxylic acid groups (broad SMARTS) is 1. The summed E-state index contributed by atoms with van der Waals surface area (Å²) in [5, 5.41) is 9.16. The van der Waals surface area contributed by atoms with Crippen LogP contribution in [-0.2, 0) is 4.79 Å². The van der Waals surface area contributed by atoms with E-state index in [2.05, 4.69) is 6.92 Å². The molecule has 2 aromatic carbocycles. The molecule has 0 heterocycles. The molecule has 0 saturated carbocycles. The Labute approximate surface area is 166 Å². The predicted molar refractivity (Wildman–Crippen MR) is 102 cm³/mol. The Morgan fingerprint density at radius 2 is 1.76 bits per heavy atom. The molecule has 29 heavy (non-hydrogen) atoms. The van der Waals surface area contributed by atoms with Crippen LogP contribution in [0.1, 0.15) is 49.4 Å². The fourth-order valence-electron chi connectivity index (χ4n) is 2.71. The van der Waals surface area contributed by atoms with E-state index in [-0.39, 0.29) is 16.9 Å². The van der Waals surface area contributed by atoms with Crippen molar-refractivity contribution in [3.63, 3.8) is 0 Å². The quantitative estimate of drug-likeness (QED) is 0.185. The highest BCUT2D eigenvalue weighted by atomic mass is 19.2. The van der Waals surface area contributed by atoms with E-state index in [1.165, 1.54) is 18.2 Å². The SMILES string of the molecule is CCCCCCC=CC(=O)Oc1ccc(C(=O)O)cc1-c1ccc(F)c(F)c1F. The maximum atomic E-state index is 14.2. The number of hydrogen-bond acceptors (Lipinski definition) is 3. The number of carboxylic acids is 1. The second-order valence-electron chi connectivity index (χ2n) is 6.41. The Morgan fingerprint density at radius 3 is 2.45 bits per heavy atom. The highest BCUT2D eigenvalue weighted by Gasteiger charge is 2.20. The molecule has 154 valence electrons. The smallest absolute Gasteiger partial charge is 0.335 e. The van der Waals surface area contributed by atoms with Gasteiger partial charge >= 0.3 is 11.9 Å². The molecule has 0 spiro atoms. The summed E-state index contributed by atoms with van der Waals surface area (Å²) in [6.07, 6.45) is 7.75. The summed E-state index contributed by atoms with van der Waals surface area (Å²) in [6, 6.07) is 5.04. The molecule has 0 radical (unpaired) electrons. The molecule has 0 atom stereocenters. The van der Waals surface area contributed by atoms with Crippen LogP contribution in [0.25, 0.3) is 11.1 Å². The molecule has 0 aromatic heterocycles. The van der Waals surface area contributed by atoms with Crippen molar-refractivity contribution in [2.24, 2.45) is 0 Å². The predicted octanol–water partition coefficient (Wildman–Crippen LogP) is 5.90. The summed E-state index contributed by atoms with van der Waals surface area (Å²) in [5.41, 5.74) is -0.820. The van der Waals surface area contributed by atoms with Gasteiger partial charge in [0, 0.05) is 17.2 Å². The summed E-state index contributed by atoms with van der Waals surface area (Å²) in [7, 11) is 0. The average Bonchev–Trinajstić information content (AvgIpc) is 2.69. The number of esters is 1. The van der Waals surface area contributed by atoms with Gasteiger partial charge in [-0.25, -0.2) is 22.8 Å². The van der Waals surface area contributed by atoms with Gasteiger partial charge in [0.2, 0.25) is 0 Å². The molecule has 2 aromatic rings. The van der Waals surface area contributed by atoms with Gasteiger partial charge in [0.05, 0.1) is 5.56 Å². The van der Waals surface area contributed by atoms with Crippen molar-refractivity contribution in [3.8, 4) is 16.9 Å². The van der Waals surface area contributed by atoms with Crippen molar-refractivity contribution < 1.29 is 32.6 Å². The number of carbonyl (C=O) groups is 2. The molecule has 7 heteroatoms. The number of hydrogen-bond donors (Lipinski definition) is 1. The van der Waals surface area contributed by atoms with Gasteiger partial charge in [0.25, 0.3) is 0 Å². The van der Waals surface area contributed by atoms with Gasteiger partial charge in [-0.1, -0.05) is 32.3 Å². The minimum absolute atomic E-state index is 0.166. The van der Waals surface area contributed by atoms with Gasteiger partial charge in [0.1, 0.15) is 5.75 Å². The minimum Gasteiger partial charge on any atom is -0.478 e. The average molecular weight is 406 g/mol. The van der Waals surface area contributed by atoms with E-state index in [1.54, 1.807) is 6.08 Å². The first-order valence-corrected chi connectivity index (χ1v) is 9.24. The summed E-state index contributed by atoms with van der Waals surface area (Å²) in [6.45, 7) is 2.09. The summed E-state index contributed by atoms with van der Waals surface area (Å²) in [4.78, 5) is 23.3. The Morgan fingerprint density at radius 1 is 1.00 bits per heavy atom. The van der Waals surface area contributed by atoms with E-state index in [0.717, 1.165) is 37.8 Å². The second kappa shape index (κ2) is 10.5. The highest BCUT2D eigenvalue weighted by Crippen LogP contribution is 2.34. The van der Waals surface area contributed by atoms with E-state index in [4.69, 9.17) is 9.84 Å². The maximum absolute atomic E-state index is 14.2. The lowest BCUT2D eigenvalue weighted by Crippen LogP contribution is -2.07. The van der Waals surface area contributed by atoms with Gasteiger partial charge in [-0.2, -0.15) is 0 Å². The first-order valence-electron chi connectivity index (χ1n) is 9.24. The lowest BCUT2D eigenvalue weighted by atomic mass is 10.0. The van der Waals surface area contributed by atoms with Crippen molar-refractivity contribution >= 4 is 11.9 Å². The number of ether oxygens (including phenoxy) is 1. The molecule has 0 aliphatic carbocycles. The lowest BCUT2D eigenvalue weighted by Gasteiger charge is -2.12. The van der Waals surface area contributed by atoms with E-state index in [1.807, 2.05) is 0 Å². The highest BCUT2D eigenvalue weighted by molar-refractivity contribution is 5.92. The molecule has 0 aliphatic rings. The molecular weight excluding hydrogens is 385 g/mol. The molecule has 0 aliphatic heterocycles. The third-order valence-corrected chi connectivity index (χ3v) is 4.24. The van der Waals surface area contributed by atoms with E-state index in [0.29, 0.717) is 12.5 Å². The third-order valence-electron chi connectivity index (χ3n) is 4.24. The maximum Gasteiger partial charge on any atom is 0.335 e. The number of aromatic carboxylic acids is 1. The van der Waals surface area contributed by atoms with Crippen molar-refractivity contribution in [2.45, 2.75) is 39.0 Å². The van der Waals surface area contributed by atoms with Crippen LogP contribution in [0.5, 0.6) is 5.75 Å². The van der Waals surface area contributed by atoms with Gasteiger partial charge in [0.15, 0.2) is 17.5 Å². The Hall–Kier alpha value is -3.09. The summed E-state index contributed by atoms with van der Waals surface area (Å²) >= 11 is 0. The van der Waals surface area contributed by atoms with Crippen LogP contribution in [0.3, 0.4) is 0 Å². The molecule has 0 unspecified atom stereocenters. The van der Waals surface area contributed by atoms with Crippen LogP contribution in [-0.4, -0.2) is 17.0 Å². The normalized spacial score (nSPS) is 11.0. The zero-order valence-electron chi connectivity index (χ0n) is 15.9. The van der Waals surface area contributed by atoms with Gasteiger partial charge in [-0.05, 0) is 43.2 Å². The van der Waals surface area contributed by atoms with Crippen LogP contribution in [0.15, 0.2) is 42.5 Å². The second-order valence-corrected chi connectivity index (χ2v) is 6.41. The van der Waals surface area contributed by atoms with Crippen LogP contribution in [0.2, 0.25) is 0 Å². The number of allylic oxidation sites excluding steroid dienone is 1. The summed E-state index contributed by atoms with van der Waals surface area (Å²) in [5.74, 6) is -6.80. The largest absolute Gasteiger partial charge is 0.478 e. The molecule has 0 saturated heterocycles. The number of halogens is 3. The van der Waals surface area contributed by atoms with E-state index >= 15 is 0 Å². The zero-order valence-corrected chi connectivity index (χ0v) is 15.9. The number of rotatable bonds is 9. The molecule has 0 bridgehead atoms. The van der Waals surface area contributed by atoms with Crippen molar-refractivity contribution in [1.29, 1.82) is 0 Å². The Kier molecular flexibility index (Phi) is 8.00. The minimum atomic E-state index is -1.70. The third kappa shape index (κ3) is 5.94. The van der Waals surface area contributed by atoms with Gasteiger partial charge < -0.3 is 9.84 Å². The van der Waals surface area contributed by atoms with Gasteiger partial charge in [-0.15, -0.1) is 0 Å². The monoisotopic (exact) mass is 406 g/mol. The van der Waals surface area contributed by atoms with Crippen LogP contribution in [0.4, 0.5) is 13.2 Å². The Balaban J connectivity index is 2.28. The van der Waals surface area contributed by atoms with Crippen molar-refractivity contribution in [2.75, 3.05) is 0 Å². The summed E-state index contributed by atoms with van der Waals surface area (Å²) < 4.78 is 46.3. The van der Waals surface area contributed by atoms with Crippen LogP contribution in [0, 0.1) is 17.5 Å². The van der Waals surface area contributed by atoms with E-state index in [9.17, 15) is 22.8 Å². The fraction of sp³-hybridized carbons (Fsp3) is 0.273. The lowest BCUT2D eigenvalue weighted by molar-refractivity contribution is -0.128. The first kappa shape index (κ1) is 22.2. The molecule has 0 fully saturated rings. The zero-order chi connectivity index (χ0) is 21.4. The molecule has 0 amide bonds. The number of unbranched alkanes of at least 4 members (excludes halogenated alkanes) is 4. The van der Waals surface area contributed by atoms with E-state index < -0.39 is 35.0 Å². The Bertz CT molecular complexity index is 923. The van der Waals surface area contributed by atoms with Crippen molar-refractivity contribution in [1.82, 2.24) is 0 Å². The van der Waals surface area contributed by atoms with Crippen LogP contribution < -0.4 is 4.74 Å². The molecular formula is C22H21F3O4. The molecule has 1 N–H and O–H groups in total. The van der Waals surface area contributed by atoms with Gasteiger partial charge in [-0.3, -0.25) is 0 Å². The molecule has 4 nitrogen and oxygen atoms in total. The fourth-order valence-corrected chi connectivity index (χ4v) is 2.71. The molecule has 2 rings (SSSR count). The standard InChI is InChI=1S/C22H21F3O4/c1-2-3-4-5-6-7-8-19(26)29-18-12-9-14(22(27)28)13-16(18)15-10-11-17(23)21(25)20(15)24/h7-13H,2-6H2,1H3,(H,27,28). The van der Waals surface area contributed by atoms with Crippen LogP contribution >= 0.6 is 0 Å². The topological polar surface area (TPSA) is 63.6 Å². The van der Waals surface area contributed by atoms with Crippen molar-refractivity contribution in [3.05, 3.63) is 65.5 Å². The number of carbonyl (C=O) groups excluding carboxylic acids is 1. The first-order chi connectivity index (χ1) is 13.8. The number of benzene rings is 2.